The predicted molar refractivity (Wildman–Crippen MR) is 80.5 cm³/mol. The summed E-state index contributed by atoms with van der Waals surface area (Å²) in [6, 6.07) is 9.32. The molecule has 6 nitrogen and oxygen atoms in total. The average Bonchev–Trinajstić information content (AvgIpc) is 3.10. The molecule has 2 aromatic heterocycles. The van der Waals surface area contributed by atoms with Gasteiger partial charge in [-0.3, -0.25) is 0 Å². The highest BCUT2D eigenvalue weighted by molar-refractivity contribution is 5.49. The van der Waals surface area contributed by atoms with E-state index in [1.165, 1.54) is 6.07 Å². The molecule has 0 atom stereocenters. The Labute approximate surface area is 131 Å². The minimum Gasteiger partial charge on any atom is -0.366 e. The van der Waals surface area contributed by atoms with Crippen LogP contribution in [0.3, 0.4) is 0 Å². The van der Waals surface area contributed by atoms with Crippen LogP contribution in [0.15, 0.2) is 36.4 Å². The zero-order valence-corrected chi connectivity index (χ0v) is 12.4. The minimum absolute atomic E-state index is 0.405. The predicted octanol–water partition coefficient (Wildman–Crippen LogP) is 2.57. The van der Waals surface area contributed by atoms with Gasteiger partial charge in [0.15, 0.2) is 11.6 Å². The standard InChI is InChI=1S/C15H14F2N6/c1-2-23(11-6-7-12(16)13(17)8-11)9-10-4-3-5-14(18-10)15-19-21-22-20-15/h3-8H,2,9H2,1H3,(H,19,20,21,22). The van der Waals surface area contributed by atoms with E-state index in [0.717, 1.165) is 11.8 Å². The zero-order chi connectivity index (χ0) is 16.2. The summed E-state index contributed by atoms with van der Waals surface area (Å²) in [5, 5.41) is 13.7. The quantitative estimate of drug-likeness (QED) is 0.783. The number of anilines is 1. The molecule has 0 unspecified atom stereocenters. The summed E-state index contributed by atoms with van der Waals surface area (Å²) in [6.07, 6.45) is 0. The van der Waals surface area contributed by atoms with E-state index in [1.807, 2.05) is 24.0 Å². The number of nitrogens with one attached hydrogen (secondary N) is 1. The molecule has 0 saturated carbocycles. The van der Waals surface area contributed by atoms with Crippen molar-refractivity contribution in [3.63, 3.8) is 0 Å². The number of hydrogen-bond donors (Lipinski definition) is 1. The summed E-state index contributed by atoms with van der Waals surface area (Å²) in [6.45, 7) is 3.01. The number of aromatic amines is 1. The third-order valence-corrected chi connectivity index (χ3v) is 3.38. The maximum Gasteiger partial charge on any atom is 0.222 e. The molecule has 1 aromatic carbocycles. The van der Waals surface area contributed by atoms with Crippen molar-refractivity contribution in [3.8, 4) is 11.5 Å². The SMILES string of the molecule is CCN(Cc1cccc(-c2nn[nH]n2)n1)c1ccc(F)c(F)c1. The third kappa shape index (κ3) is 3.31. The van der Waals surface area contributed by atoms with E-state index in [4.69, 9.17) is 0 Å². The lowest BCUT2D eigenvalue weighted by atomic mass is 10.2. The van der Waals surface area contributed by atoms with Crippen LogP contribution in [0, 0.1) is 11.6 Å². The molecule has 3 aromatic rings. The van der Waals surface area contributed by atoms with Crippen molar-refractivity contribution >= 4 is 5.69 Å². The molecule has 0 aliphatic heterocycles. The molecule has 0 radical (unpaired) electrons. The molecule has 0 aliphatic rings. The topological polar surface area (TPSA) is 70.6 Å². The second-order valence-electron chi connectivity index (χ2n) is 4.86. The fourth-order valence-electron chi connectivity index (χ4n) is 2.23. The van der Waals surface area contributed by atoms with Crippen LogP contribution in [0.4, 0.5) is 14.5 Å². The second-order valence-corrected chi connectivity index (χ2v) is 4.86. The van der Waals surface area contributed by atoms with Gasteiger partial charge in [0.2, 0.25) is 5.82 Å². The molecule has 0 bridgehead atoms. The van der Waals surface area contributed by atoms with Crippen molar-refractivity contribution in [2.24, 2.45) is 0 Å². The largest absolute Gasteiger partial charge is 0.366 e. The minimum atomic E-state index is -0.866. The van der Waals surface area contributed by atoms with Gasteiger partial charge in [-0.25, -0.2) is 13.8 Å². The number of rotatable bonds is 5. The van der Waals surface area contributed by atoms with Crippen LogP contribution in [-0.2, 0) is 6.54 Å². The van der Waals surface area contributed by atoms with Crippen LogP contribution in [0.2, 0.25) is 0 Å². The summed E-state index contributed by atoms with van der Waals surface area (Å²) >= 11 is 0. The first-order valence-corrected chi connectivity index (χ1v) is 7.07. The van der Waals surface area contributed by atoms with Crippen LogP contribution in [0.5, 0.6) is 0 Å². The number of hydrogen-bond acceptors (Lipinski definition) is 5. The monoisotopic (exact) mass is 316 g/mol. The Bertz CT molecular complexity index is 790. The average molecular weight is 316 g/mol. The Morgan fingerprint density at radius 1 is 1.13 bits per heavy atom. The molecule has 3 rings (SSSR count). The van der Waals surface area contributed by atoms with E-state index in [9.17, 15) is 8.78 Å². The second kappa shape index (κ2) is 6.47. The molecule has 23 heavy (non-hydrogen) atoms. The molecule has 8 heteroatoms. The highest BCUT2D eigenvalue weighted by Gasteiger charge is 2.11. The van der Waals surface area contributed by atoms with Gasteiger partial charge in [0, 0.05) is 18.3 Å². The molecule has 2 heterocycles. The molecular weight excluding hydrogens is 302 g/mol. The van der Waals surface area contributed by atoms with Gasteiger partial charge in [-0.1, -0.05) is 6.07 Å². The Kier molecular flexibility index (Phi) is 4.22. The third-order valence-electron chi connectivity index (χ3n) is 3.38. The van der Waals surface area contributed by atoms with Crippen LogP contribution in [0.1, 0.15) is 12.6 Å². The van der Waals surface area contributed by atoms with E-state index in [-0.39, 0.29) is 0 Å². The Morgan fingerprint density at radius 2 is 2.00 bits per heavy atom. The maximum atomic E-state index is 13.4. The van der Waals surface area contributed by atoms with Crippen molar-refractivity contribution in [3.05, 3.63) is 53.7 Å². The molecular formula is C15H14F2N6. The molecule has 0 aliphatic carbocycles. The van der Waals surface area contributed by atoms with E-state index in [1.54, 1.807) is 12.1 Å². The first kappa shape index (κ1) is 15.0. The van der Waals surface area contributed by atoms with E-state index in [0.29, 0.717) is 30.3 Å². The number of benzene rings is 1. The molecule has 118 valence electrons. The zero-order valence-electron chi connectivity index (χ0n) is 12.4. The van der Waals surface area contributed by atoms with E-state index >= 15 is 0 Å². The van der Waals surface area contributed by atoms with E-state index in [2.05, 4.69) is 25.6 Å². The summed E-state index contributed by atoms with van der Waals surface area (Å²) < 4.78 is 26.5. The highest BCUT2D eigenvalue weighted by Crippen LogP contribution is 2.20. The van der Waals surface area contributed by atoms with Gasteiger partial charge in [0.1, 0.15) is 5.69 Å². The first-order valence-electron chi connectivity index (χ1n) is 7.07. The lowest BCUT2D eigenvalue weighted by Gasteiger charge is -2.23. The van der Waals surface area contributed by atoms with Crippen molar-refractivity contribution in [2.75, 3.05) is 11.4 Å². The van der Waals surface area contributed by atoms with Gasteiger partial charge in [0.25, 0.3) is 0 Å². The first-order chi connectivity index (χ1) is 11.2. The molecule has 0 amide bonds. The Morgan fingerprint density at radius 3 is 2.70 bits per heavy atom. The highest BCUT2D eigenvalue weighted by atomic mass is 19.2. The lowest BCUT2D eigenvalue weighted by Crippen LogP contribution is -2.22. The van der Waals surface area contributed by atoms with Gasteiger partial charge in [-0.2, -0.15) is 5.21 Å². The van der Waals surface area contributed by atoms with Gasteiger partial charge in [0.05, 0.1) is 12.2 Å². The van der Waals surface area contributed by atoms with Gasteiger partial charge >= 0.3 is 0 Å². The molecule has 0 spiro atoms. The number of tetrazole rings is 1. The number of nitrogens with zero attached hydrogens (tertiary/aromatic N) is 5. The summed E-state index contributed by atoms with van der Waals surface area (Å²) in [5.41, 5.74) is 1.95. The summed E-state index contributed by atoms with van der Waals surface area (Å²) in [4.78, 5) is 6.37. The van der Waals surface area contributed by atoms with Gasteiger partial charge < -0.3 is 4.90 Å². The fraction of sp³-hybridized carbons (Fsp3) is 0.200. The van der Waals surface area contributed by atoms with Crippen molar-refractivity contribution < 1.29 is 8.78 Å². The van der Waals surface area contributed by atoms with Crippen molar-refractivity contribution in [1.82, 2.24) is 25.6 Å². The molecule has 0 saturated heterocycles. The van der Waals surface area contributed by atoms with Crippen LogP contribution in [0.25, 0.3) is 11.5 Å². The van der Waals surface area contributed by atoms with Crippen LogP contribution in [-0.4, -0.2) is 32.2 Å². The lowest BCUT2D eigenvalue weighted by molar-refractivity contribution is 0.508. The Balaban J connectivity index is 1.84. The van der Waals surface area contributed by atoms with Crippen LogP contribution < -0.4 is 4.90 Å². The van der Waals surface area contributed by atoms with E-state index < -0.39 is 11.6 Å². The van der Waals surface area contributed by atoms with Crippen molar-refractivity contribution in [2.45, 2.75) is 13.5 Å². The fourth-order valence-corrected chi connectivity index (χ4v) is 2.23. The number of pyridine rings is 1. The number of H-pyrrole nitrogens is 1. The molecule has 1 N–H and O–H groups in total. The summed E-state index contributed by atoms with van der Waals surface area (Å²) in [5.74, 6) is -1.32. The maximum absolute atomic E-state index is 13.4. The summed E-state index contributed by atoms with van der Waals surface area (Å²) in [7, 11) is 0. The number of aromatic nitrogens is 5. The van der Waals surface area contributed by atoms with Gasteiger partial charge in [-0.05, 0) is 36.4 Å². The number of halogens is 2. The van der Waals surface area contributed by atoms with Crippen molar-refractivity contribution in [1.29, 1.82) is 0 Å². The smallest absolute Gasteiger partial charge is 0.222 e. The normalized spacial score (nSPS) is 10.7. The van der Waals surface area contributed by atoms with Crippen LogP contribution >= 0.6 is 0 Å². The van der Waals surface area contributed by atoms with Gasteiger partial charge in [-0.15, -0.1) is 10.2 Å². The Hall–Kier alpha value is -2.90. The molecule has 0 fully saturated rings.